The number of hydrogen-bond acceptors (Lipinski definition) is 3. The highest BCUT2D eigenvalue weighted by Gasteiger charge is 2.18. The molecule has 0 aliphatic carbocycles. The smallest absolute Gasteiger partial charge is 0.262 e. The van der Waals surface area contributed by atoms with Crippen LogP contribution >= 0.6 is 15.9 Å². The summed E-state index contributed by atoms with van der Waals surface area (Å²) in [5.41, 5.74) is 2.41. The zero-order valence-corrected chi connectivity index (χ0v) is 20.1. The Hall–Kier alpha value is -2.34. The molecule has 2 aromatic carbocycles. The lowest BCUT2D eigenvalue weighted by Crippen LogP contribution is -2.31. The molecule has 1 heterocycles. The third kappa shape index (κ3) is 6.57. The normalized spacial score (nSPS) is 14.6. The van der Waals surface area contributed by atoms with Crippen LogP contribution < -0.4 is 10.1 Å². The quantitative estimate of drug-likeness (QED) is 0.582. The Kier molecular flexibility index (Phi) is 7.76. The minimum atomic E-state index is -0.272. The van der Waals surface area contributed by atoms with E-state index in [1.54, 1.807) is 24.3 Å². The van der Waals surface area contributed by atoms with Gasteiger partial charge in [-0.2, -0.15) is 0 Å². The number of rotatable bonds is 5. The SMILES string of the molecule is CC(C)(C)c1ccc(OCC(=O)Nc2cccc(C(=O)N3CCCCCC3)c2)c(Br)c1. The predicted molar refractivity (Wildman–Crippen MR) is 128 cm³/mol. The number of benzene rings is 2. The van der Waals surface area contributed by atoms with Crippen LogP contribution in [0.25, 0.3) is 0 Å². The lowest BCUT2D eigenvalue weighted by molar-refractivity contribution is -0.118. The molecule has 0 atom stereocenters. The van der Waals surface area contributed by atoms with Crippen molar-refractivity contribution in [2.24, 2.45) is 0 Å². The van der Waals surface area contributed by atoms with Crippen molar-refractivity contribution in [3.05, 3.63) is 58.1 Å². The Balaban J connectivity index is 1.58. The van der Waals surface area contributed by atoms with Crippen molar-refractivity contribution in [1.29, 1.82) is 0 Å². The summed E-state index contributed by atoms with van der Waals surface area (Å²) in [5.74, 6) is 0.372. The number of carbonyl (C=O) groups excluding carboxylic acids is 2. The van der Waals surface area contributed by atoms with Gasteiger partial charge in [0.2, 0.25) is 0 Å². The van der Waals surface area contributed by atoms with Gasteiger partial charge in [-0.1, -0.05) is 45.7 Å². The summed E-state index contributed by atoms with van der Waals surface area (Å²) in [6.45, 7) is 7.92. The van der Waals surface area contributed by atoms with Gasteiger partial charge in [-0.15, -0.1) is 0 Å². The molecule has 31 heavy (non-hydrogen) atoms. The molecule has 0 unspecified atom stereocenters. The number of amides is 2. The number of nitrogens with zero attached hydrogens (tertiary/aromatic N) is 1. The fourth-order valence-corrected chi connectivity index (χ4v) is 4.10. The largest absolute Gasteiger partial charge is 0.483 e. The third-order valence-electron chi connectivity index (χ3n) is 5.44. The van der Waals surface area contributed by atoms with E-state index in [1.807, 2.05) is 23.1 Å². The molecule has 0 spiro atoms. The summed E-state index contributed by atoms with van der Waals surface area (Å²) in [6, 6.07) is 13.0. The van der Waals surface area contributed by atoms with Gasteiger partial charge < -0.3 is 15.0 Å². The molecule has 1 N–H and O–H groups in total. The van der Waals surface area contributed by atoms with Gasteiger partial charge in [0.1, 0.15) is 5.75 Å². The maximum Gasteiger partial charge on any atom is 0.262 e. The molecule has 0 saturated carbocycles. The average Bonchev–Trinajstić information content (AvgIpc) is 3.01. The lowest BCUT2D eigenvalue weighted by atomic mass is 9.87. The van der Waals surface area contributed by atoms with Crippen molar-refractivity contribution < 1.29 is 14.3 Å². The summed E-state index contributed by atoms with van der Waals surface area (Å²) in [6.07, 6.45) is 4.45. The number of ether oxygens (including phenoxy) is 1. The molecule has 166 valence electrons. The van der Waals surface area contributed by atoms with Crippen LogP contribution in [0.15, 0.2) is 46.9 Å². The van der Waals surface area contributed by atoms with Crippen molar-refractivity contribution in [1.82, 2.24) is 4.90 Å². The zero-order chi connectivity index (χ0) is 22.4. The zero-order valence-electron chi connectivity index (χ0n) is 18.5. The summed E-state index contributed by atoms with van der Waals surface area (Å²) >= 11 is 3.53. The highest BCUT2D eigenvalue weighted by atomic mass is 79.9. The van der Waals surface area contributed by atoms with E-state index in [-0.39, 0.29) is 23.8 Å². The molecule has 1 saturated heterocycles. The van der Waals surface area contributed by atoms with Crippen molar-refractivity contribution >= 4 is 33.4 Å². The first-order valence-corrected chi connectivity index (χ1v) is 11.7. The summed E-state index contributed by atoms with van der Waals surface area (Å²) in [5, 5.41) is 2.83. The van der Waals surface area contributed by atoms with Gasteiger partial charge in [-0.05, 0) is 70.1 Å². The van der Waals surface area contributed by atoms with E-state index < -0.39 is 0 Å². The van der Waals surface area contributed by atoms with E-state index >= 15 is 0 Å². The van der Waals surface area contributed by atoms with Crippen LogP contribution in [0.4, 0.5) is 5.69 Å². The molecule has 3 rings (SSSR count). The van der Waals surface area contributed by atoms with Crippen LogP contribution in [-0.2, 0) is 10.2 Å². The van der Waals surface area contributed by atoms with Crippen molar-refractivity contribution in [3.8, 4) is 5.75 Å². The second kappa shape index (κ2) is 10.3. The Morgan fingerprint density at radius 2 is 1.74 bits per heavy atom. The minimum Gasteiger partial charge on any atom is -0.483 e. The van der Waals surface area contributed by atoms with E-state index in [0.29, 0.717) is 17.0 Å². The monoisotopic (exact) mass is 486 g/mol. The molecule has 1 fully saturated rings. The van der Waals surface area contributed by atoms with Crippen molar-refractivity contribution in [2.75, 3.05) is 25.0 Å². The predicted octanol–water partition coefficient (Wildman–Crippen LogP) is 5.78. The molecule has 0 bridgehead atoms. The van der Waals surface area contributed by atoms with Crippen LogP contribution in [0.1, 0.15) is 62.4 Å². The second-order valence-corrected chi connectivity index (χ2v) is 9.87. The molecule has 0 radical (unpaired) electrons. The van der Waals surface area contributed by atoms with E-state index in [4.69, 9.17) is 4.74 Å². The lowest BCUT2D eigenvalue weighted by Gasteiger charge is -2.20. The highest BCUT2D eigenvalue weighted by molar-refractivity contribution is 9.10. The Labute approximate surface area is 193 Å². The first-order chi connectivity index (χ1) is 14.7. The molecule has 1 aliphatic heterocycles. The molecule has 1 aliphatic rings. The van der Waals surface area contributed by atoms with Crippen LogP contribution in [0.5, 0.6) is 5.75 Å². The Bertz CT molecular complexity index is 929. The summed E-state index contributed by atoms with van der Waals surface area (Å²) < 4.78 is 6.51. The van der Waals surface area contributed by atoms with Crippen LogP contribution in [0, 0.1) is 0 Å². The fourth-order valence-electron chi connectivity index (χ4n) is 3.61. The molecular formula is C25H31BrN2O3. The standard InChI is InChI=1S/C25H31BrN2O3/c1-25(2,3)19-11-12-22(21(26)16-19)31-17-23(29)27-20-10-8-9-18(15-20)24(30)28-13-6-4-5-7-14-28/h8-12,15-16H,4-7,13-14,17H2,1-3H3,(H,27,29). The van der Waals surface area contributed by atoms with Gasteiger partial charge in [0.25, 0.3) is 11.8 Å². The topological polar surface area (TPSA) is 58.6 Å². The number of likely N-dealkylation sites (tertiary alicyclic amines) is 1. The number of halogens is 1. The Morgan fingerprint density at radius 1 is 1.03 bits per heavy atom. The molecule has 0 aromatic heterocycles. The second-order valence-electron chi connectivity index (χ2n) is 9.02. The van der Waals surface area contributed by atoms with Gasteiger partial charge in [0.05, 0.1) is 4.47 Å². The van der Waals surface area contributed by atoms with Gasteiger partial charge >= 0.3 is 0 Å². The molecule has 5 nitrogen and oxygen atoms in total. The molecular weight excluding hydrogens is 456 g/mol. The van der Waals surface area contributed by atoms with E-state index in [0.717, 1.165) is 30.4 Å². The van der Waals surface area contributed by atoms with Crippen molar-refractivity contribution in [2.45, 2.75) is 51.9 Å². The highest BCUT2D eigenvalue weighted by Crippen LogP contribution is 2.31. The number of carbonyl (C=O) groups is 2. The molecule has 2 amide bonds. The summed E-state index contributed by atoms with van der Waals surface area (Å²) in [7, 11) is 0. The van der Waals surface area contributed by atoms with Gasteiger partial charge in [0, 0.05) is 24.3 Å². The number of anilines is 1. The van der Waals surface area contributed by atoms with Gasteiger partial charge in [0.15, 0.2) is 6.61 Å². The number of hydrogen-bond donors (Lipinski definition) is 1. The van der Waals surface area contributed by atoms with Gasteiger partial charge in [-0.3, -0.25) is 9.59 Å². The maximum atomic E-state index is 12.8. The molecule has 2 aromatic rings. The number of nitrogens with one attached hydrogen (secondary N) is 1. The van der Waals surface area contributed by atoms with Crippen LogP contribution in [0.2, 0.25) is 0 Å². The third-order valence-corrected chi connectivity index (χ3v) is 6.06. The minimum absolute atomic E-state index is 0.0251. The van der Waals surface area contributed by atoms with Gasteiger partial charge in [-0.25, -0.2) is 0 Å². The Morgan fingerprint density at radius 3 is 2.39 bits per heavy atom. The van der Waals surface area contributed by atoms with Crippen LogP contribution in [-0.4, -0.2) is 36.4 Å². The maximum absolute atomic E-state index is 12.8. The average molecular weight is 487 g/mol. The first-order valence-electron chi connectivity index (χ1n) is 10.9. The van der Waals surface area contributed by atoms with Crippen molar-refractivity contribution in [3.63, 3.8) is 0 Å². The van der Waals surface area contributed by atoms with E-state index in [2.05, 4.69) is 42.0 Å². The first kappa shape index (κ1) is 23.3. The molecule has 6 heteroatoms. The fraction of sp³-hybridized carbons (Fsp3) is 0.440. The summed E-state index contributed by atoms with van der Waals surface area (Å²) in [4.78, 5) is 27.1. The van der Waals surface area contributed by atoms with E-state index in [9.17, 15) is 9.59 Å². The van der Waals surface area contributed by atoms with E-state index in [1.165, 1.54) is 18.4 Å². The van der Waals surface area contributed by atoms with Crippen LogP contribution in [0.3, 0.4) is 0 Å².